The fraction of sp³-hybridized carbons (Fsp3) is 0. The van der Waals surface area contributed by atoms with E-state index in [-0.39, 0.29) is 11.3 Å². The van der Waals surface area contributed by atoms with E-state index in [9.17, 15) is 9.59 Å². The summed E-state index contributed by atoms with van der Waals surface area (Å²) >= 11 is 0. The van der Waals surface area contributed by atoms with E-state index < -0.39 is 5.91 Å². The second kappa shape index (κ2) is 4.35. The molecule has 1 amide bonds. The Bertz CT molecular complexity index is 550. The van der Waals surface area contributed by atoms with Gasteiger partial charge in [-0.3, -0.25) is 14.6 Å². The molecule has 0 bridgehead atoms. The number of H-pyrrole nitrogens is 1. The third-order valence-corrected chi connectivity index (χ3v) is 1.83. The standard InChI is InChI=1S/C10H8N4O2/c15-9-4-8(12-6-13-9)10(16)14-7-2-1-3-11-5-7/h1-6H,(H,14,16)(H,12,13,15). The number of carbonyl (C=O) groups excluding carboxylic acids is 1. The molecule has 80 valence electrons. The molecule has 0 fully saturated rings. The molecule has 2 heterocycles. The molecule has 0 aromatic carbocycles. The highest BCUT2D eigenvalue weighted by molar-refractivity contribution is 6.02. The van der Waals surface area contributed by atoms with Gasteiger partial charge in [-0.2, -0.15) is 0 Å². The molecule has 2 aromatic heterocycles. The third kappa shape index (κ3) is 2.30. The highest BCUT2D eigenvalue weighted by Gasteiger charge is 2.07. The molecule has 0 radical (unpaired) electrons. The van der Waals surface area contributed by atoms with Gasteiger partial charge in [-0.25, -0.2) is 4.98 Å². The summed E-state index contributed by atoms with van der Waals surface area (Å²) in [7, 11) is 0. The Balaban J connectivity index is 2.18. The Morgan fingerprint density at radius 3 is 3.00 bits per heavy atom. The summed E-state index contributed by atoms with van der Waals surface area (Å²) in [6.07, 6.45) is 4.28. The van der Waals surface area contributed by atoms with Crippen LogP contribution in [0.2, 0.25) is 0 Å². The van der Waals surface area contributed by atoms with Crippen molar-refractivity contribution in [2.45, 2.75) is 0 Å². The van der Waals surface area contributed by atoms with Gasteiger partial charge in [0.1, 0.15) is 5.69 Å². The van der Waals surface area contributed by atoms with E-state index in [2.05, 4.69) is 20.3 Å². The van der Waals surface area contributed by atoms with Crippen LogP contribution in [0.4, 0.5) is 5.69 Å². The lowest BCUT2D eigenvalue weighted by Gasteiger charge is -2.02. The van der Waals surface area contributed by atoms with Crippen molar-refractivity contribution >= 4 is 11.6 Å². The van der Waals surface area contributed by atoms with Crippen LogP contribution in [0.5, 0.6) is 0 Å². The van der Waals surface area contributed by atoms with Gasteiger partial charge in [0.05, 0.1) is 18.2 Å². The van der Waals surface area contributed by atoms with Crippen LogP contribution in [0.3, 0.4) is 0 Å². The Hall–Kier alpha value is -2.50. The minimum absolute atomic E-state index is 0.0626. The molecule has 0 aliphatic carbocycles. The van der Waals surface area contributed by atoms with Gasteiger partial charge in [0, 0.05) is 12.3 Å². The summed E-state index contributed by atoms with van der Waals surface area (Å²) in [6, 6.07) is 4.52. The molecule has 6 heteroatoms. The number of hydrogen-bond donors (Lipinski definition) is 2. The number of rotatable bonds is 2. The summed E-state index contributed by atoms with van der Waals surface area (Å²) < 4.78 is 0. The minimum Gasteiger partial charge on any atom is -0.319 e. The van der Waals surface area contributed by atoms with Crippen LogP contribution in [-0.4, -0.2) is 20.9 Å². The minimum atomic E-state index is -0.445. The van der Waals surface area contributed by atoms with E-state index >= 15 is 0 Å². The number of amides is 1. The molecule has 0 saturated heterocycles. The van der Waals surface area contributed by atoms with Crippen molar-refractivity contribution in [2.24, 2.45) is 0 Å². The van der Waals surface area contributed by atoms with Gasteiger partial charge in [-0.05, 0) is 12.1 Å². The smallest absolute Gasteiger partial charge is 0.274 e. The second-order valence-electron chi connectivity index (χ2n) is 2.99. The Kier molecular flexibility index (Phi) is 2.73. The van der Waals surface area contributed by atoms with Gasteiger partial charge in [0.2, 0.25) is 0 Å². The van der Waals surface area contributed by atoms with Crippen molar-refractivity contribution in [2.75, 3.05) is 5.32 Å². The largest absolute Gasteiger partial charge is 0.319 e. The molecular weight excluding hydrogens is 208 g/mol. The van der Waals surface area contributed by atoms with Crippen molar-refractivity contribution in [1.82, 2.24) is 15.0 Å². The normalized spacial score (nSPS) is 9.75. The van der Waals surface area contributed by atoms with Crippen LogP contribution in [-0.2, 0) is 0 Å². The number of nitrogens with zero attached hydrogens (tertiary/aromatic N) is 2. The van der Waals surface area contributed by atoms with E-state index in [1.807, 2.05) is 0 Å². The lowest BCUT2D eigenvalue weighted by Crippen LogP contribution is -2.17. The molecule has 2 aromatic rings. The van der Waals surface area contributed by atoms with E-state index in [0.717, 1.165) is 6.07 Å². The number of nitrogens with one attached hydrogen (secondary N) is 2. The van der Waals surface area contributed by atoms with Crippen molar-refractivity contribution in [3.63, 3.8) is 0 Å². The SMILES string of the molecule is O=C(Nc1cccnc1)c1cc(=O)[nH]cn1. The number of carbonyl (C=O) groups is 1. The molecular formula is C10H8N4O2. The van der Waals surface area contributed by atoms with Crippen LogP contribution in [0, 0.1) is 0 Å². The predicted molar refractivity (Wildman–Crippen MR) is 57.0 cm³/mol. The van der Waals surface area contributed by atoms with E-state index in [0.29, 0.717) is 5.69 Å². The first-order chi connectivity index (χ1) is 7.75. The maximum absolute atomic E-state index is 11.6. The van der Waals surface area contributed by atoms with Crippen LogP contribution in [0.15, 0.2) is 41.7 Å². The first-order valence-electron chi connectivity index (χ1n) is 4.52. The topological polar surface area (TPSA) is 87.7 Å². The van der Waals surface area contributed by atoms with Gasteiger partial charge in [0.25, 0.3) is 11.5 Å². The summed E-state index contributed by atoms with van der Waals surface area (Å²) in [4.78, 5) is 32.5. The third-order valence-electron chi connectivity index (χ3n) is 1.83. The summed E-state index contributed by atoms with van der Waals surface area (Å²) in [5.74, 6) is -0.445. The summed E-state index contributed by atoms with van der Waals surface area (Å²) in [6.45, 7) is 0. The molecule has 2 N–H and O–H groups in total. The number of hydrogen-bond acceptors (Lipinski definition) is 4. The fourth-order valence-corrected chi connectivity index (χ4v) is 1.12. The monoisotopic (exact) mass is 216 g/mol. The molecule has 0 atom stereocenters. The highest BCUT2D eigenvalue weighted by Crippen LogP contribution is 2.04. The highest BCUT2D eigenvalue weighted by atomic mass is 16.2. The Labute approximate surface area is 90.4 Å². The van der Waals surface area contributed by atoms with Gasteiger partial charge >= 0.3 is 0 Å². The zero-order valence-electron chi connectivity index (χ0n) is 8.18. The molecule has 0 aliphatic heterocycles. The van der Waals surface area contributed by atoms with Crippen LogP contribution in [0.1, 0.15) is 10.5 Å². The maximum atomic E-state index is 11.6. The van der Waals surface area contributed by atoms with Crippen molar-refractivity contribution in [3.8, 4) is 0 Å². The molecule has 0 aliphatic rings. The number of anilines is 1. The van der Waals surface area contributed by atoms with Gasteiger partial charge in [-0.1, -0.05) is 0 Å². The van der Waals surface area contributed by atoms with Gasteiger partial charge in [-0.15, -0.1) is 0 Å². The van der Waals surface area contributed by atoms with E-state index in [1.54, 1.807) is 18.3 Å². The van der Waals surface area contributed by atoms with Crippen molar-refractivity contribution in [3.05, 3.63) is 53.0 Å². The van der Waals surface area contributed by atoms with Gasteiger partial charge in [0.15, 0.2) is 0 Å². The van der Waals surface area contributed by atoms with Crippen LogP contribution >= 0.6 is 0 Å². The number of pyridine rings is 1. The zero-order chi connectivity index (χ0) is 11.4. The summed E-state index contributed by atoms with van der Waals surface area (Å²) in [5, 5.41) is 2.57. The Morgan fingerprint density at radius 1 is 1.44 bits per heavy atom. The van der Waals surface area contributed by atoms with E-state index in [4.69, 9.17) is 0 Å². The molecule has 2 rings (SSSR count). The first kappa shape index (κ1) is 10.0. The van der Waals surface area contributed by atoms with Crippen molar-refractivity contribution in [1.29, 1.82) is 0 Å². The Morgan fingerprint density at radius 2 is 2.31 bits per heavy atom. The molecule has 0 unspecified atom stereocenters. The quantitative estimate of drug-likeness (QED) is 0.761. The molecule has 0 saturated carbocycles. The second-order valence-corrected chi connectivity index (χ2v) is 2.99. The zero-order valence-corrected chi connectivity index (χ0v) is 8.18. The maximum Gasteiger partial charge on any atom is 0.274 e. The lowest BCUT2D eigenvalue weighted by molar-refractivity contribution is 0.102. The molecule has 16 heavy (non-hydrogen) atoms. The van der Waals surface area contributed by atoms with Crippen molar-refractivity contribution < 1.29 is 4.79 Å². The lowest BCUT2D eigenvalue weighted by atomic mass is 10.3. The number of aromatic amines is 1. The van der Waals surface area contributed by atoms with Crippen LogP contribution in [0.25, 0.3) is 0 Å². The summed E-state index contributed by atoms with van der Waals surface area (Å²) in [5.41, 5.74) is 0.244. The molecule has 6 nitrogen and oxygen atoms in total. The van der Waals surface area contributed by atoms with Crippen LogP contribution < -0.4 is 10.9 Å². The van der Waals surface area contributed by atoms with E-state index in [1.165, 1.54) is 12.5 Å². The average Bonchev–Trinajstić information content (AvgIpc) is 2.30. The predicted octanol–water partition coefficient (Wildman–Crippen LogP) is 0.417. The first-order valence-corrected chi connectivity index (χ1v) is 4.52. The number of aromatic nitrogens is 3. The fourth-order valence-electron chi connectivity index (χ4n) is 1.12. The average molecular weight is 216 g/mol. The molecule has 0 spiro atoms. The van der Waals surface area contributed by atoms with Gasteiger partial charge < -0.3 is 10.3 Å².